The lowest BCUT2D eigenvalue weighted by Crippen LogP contribution is -1.75. The lowest BCUT2D eigenvalue weighted by Gasteiger charge is -1.96. The molecule has 3 rings (SSSR count). The molecule has 1 aromatic heterocycles. The lowest BCUT2D eigenvalue weighted by atomic mass is 10.2. The first-order chi connectivity index (χ1) is 9.24. The van der Waals surface area contributed by atoms with E-state index in [9.17, 15) is 5.11 Å². The number of hydrogen-bond donors (Lipinski definition) is 1. The van der Waals surface area contributed by atoms with Crippen molar-refractivity contribution in [3.63, 3.8) is 0 Å². The highest BCUT2D eigenvalue weighted by Gasteiger charge is 2.06. The van der Waals surface area contributed by atoms with E-state index in [4.69, 9.17) is 5.26 Å². The Morgan fingerprint density at radius 3 is 2.68 bits per heavy atom. The van der Waals surface area contributed by atoms with Crippen molar-refractivity contribution in [1.82, 2.24) is 4.98 Å². The van der Waals surface area contributed by atoms with Gasteiger partial charge in [0.05, 0.1) is 21.8 Å². The predicted octanol–water partition coefficient (Wildman–Crippen LogP) is 4.02. The molecular weight excluding hydrogens is 276 g/mol. The van der Waals surface area contributed by atoms with Gasteiger partial charge in [-0.1, -0.05) is 11.8 Å². The standard InChI is InChI=1S/C14H8N2OS2/c15-8-9-1-4-11(5-2-9)18-14-16-12-6-3-10(17)7-13(12)19-14/h1-7,17H. The summed E-state index contributed by atoms with van der Waals surface area (Å²) >= 11 is 3.10. The minimum atomic E-state index is 0.256. The number of thiazole rings is 1. The second-order valence-corrected chi connectivity index (χ2v) is 6.22. The molecule has 0 saturated carbocycles. The number of rotatable bonds is 2. The summed E-state index contributed by atoms with van der Waals surface area (Å²) in [5, 5.41) is 18.2. The highest BCUT2D eigenvalue weighted by atomic mass is 32.2. The maximum Gasteiger partial charge on any atom is 0.155 e. The van der Waals surface area contributed by atoms with Gasteiger partial charge in [-0.3, -0.25) is 0 Å². The normalized spacial score (nSPS) is 10.5. The number of aromatic hydroxyl groups is 1. The van der Waals surface area contributed by atoms with E-state index in [1.54, 1.807) is 47.4 Å². The van der Waals surface area contributed by atoms with Crippen LogP contribution in [0.2, 0.25) is 0 Å². The maximum absolute atomic E-state index is 9.43. The summed E-state index contributed by atoms with van der Waals surface area (Å²) in [7, 11) is 0. The van der Waals surface area contributed by atoms with Gasteiger partial charge in [-0.05, 0) is 42.5 Å². The maximum atomic E-state index is 9.43. The van der Waals surface area contributed by atoms with Crippen LogP contribution in [0.25, 0.3) is 10.2 Å². The highest BCUT2D eigenvalue weighted by molar-refractivity contribution is 8.01. The Labute approximate surface area is 118 Å². The molecule has 0 unspecified atom stereocenters. The molecule has 1 N–H and O–H groups in total. The van der Waals surface area contributed by atoms with Crippen molar-refractivity contribution in [1.29, 1.82) is 5.26 Å². The van der Waals surface area contributed by atoms with Gasteiger partial charge in [-0.25, -0.2) is 4.98 Å². The van der Waals surface area contributed by atoms with Crippen LogP contribution >= 0.6 is 23.1 Å². The smallest absolute Gasteiger partial charge is 0.155 e. The molecule has 0 amide bonds. The molecule has 2 aromatic carbocycles. The zero-order chi connectivity index (χ0) is 13.2. The number of benzene rings is 2. The molecule has 3 aromatic rings. The molecule has 0 aliphatic heterocycles. The summed E-state index contributed by atoms with van der Waals surface area (Å²) in [4.78, 5) is 5.54. The summed E-state index contributed by atoms with van der Waals surface area (Å²) < 4.78 is 1.89. The fourth-order valence-electron chi connectivity index (χ4n) is 1.63. The number of phenols is 1. The van der Waals surface area contributed by atoms with Gasteiger partial charge in [0, 0.05) is 4.90 Å². The Balaban J connectivity index is 1.90. The second kappa shape index (κ2) is 4.92. The molecule has 19 heavy (non-hydrogen) atoms. The van der Waals surface area contributed by atoms with Crippen LogP contribution in [0.1, 0.15) is 5.56 Å². The Kier molecular flexibility index (Phi) is 3.11. The largest absolute Gasteiger partial charge is 0.508 e. The molecule has 0 saturated heterocycles. The van der Waals surface area contributed by atoms with Crippen LogP contribution in [0, 0.1) is 11.3 Å². The molecule has 0 spiro atoms. The Bertz CT molecular complexity index is 772. The first kappa shape index (κ1) is 12.0. The Morgan fingerprint density at radius 1 is 1.16 bits per heavy atom. The topological polar surface area (TPSA) is 56.9 Å². The van der Waals surface area contributed by atoms with Crippen molar-refractivity contribution in [2.45, 2.75) is 9.24 Å². The number of fused-ring (bicyclic) bond motifs is 1. The second-order valence-electron chi connectivity index (χ2n) is 3.87. The van der Waals surface area contributed by atoms with E-state index >= 15 is 0 Å². The van der Waals surface area contributed by atoms with Crippen LogP contribution in [-0.4, -0.2) is 10.1 Å². The number of phenolic OH excluding ortho intramolecular Hbond substituents is 1. The molecule has 0 bridgehead atoms. The average Bonchev–Trinajstić information content (AvgIpc) is 2.81. The van der Waals surface area contributed by atoms with Gasteiger partial charge < -0.3 is 5.11 Å². The monoisotopic (exact) mass is 284 g/mol. The van der Waals surface area contributed by atoms with E-state index in [2.05, 4.69) is 11.1 Å². The van der Waals surface area contributed by atoms with Crippen molar-refractivity contribution in [2.75, 3.05) is 0 Å². The molecule has 92 valence electrons. The van der Waals surface area contributed by atoms with E-state index in [-0.39, 0.29) is 5.75 Å². The summed E-state index contributed by atoms with van der Waals surface area (Å²) in [6.07, 6.45) is 0. The van der Waals surface area contributed by atoms with Crippen LogP contribution < -0.4 is 0 Å². The van der Waals surface area contributed by atoms with Crippen molar-refractivity contribution in [3.8, 4) is 11.8 Å². The van der Waals surface area contributed by atoms with Crippen molar-refractivity contribution >= 4 is 33.3 Å². The van der Waals surface area contributed by atoms with E-state index in [0.29, 0.717) is 5.56 Å². The highest BCUT2D eigenvalue weighted by Crippen LogP contribution is 2.35. The van der Waals surface area contributed by atoms with Gasteiger partial charge in [-0.15, -0.1) is 11.3 Å². The van der Waals surface area contributed by atoms with E-state index in [0.717, 1.165) is 19.5 Å². The summed E-state index contributed by atoms with van der Waals surface area (Å²) in [5.41, 5.74) is 1.54. The Morgan fingerprint density at radius 2 is 1.95 bits per heavy atom. The minimum Gasteiger partial charge on any atom is -0.508 e. The van der Waals surface area contributed by atoms with Crippen LogP contribution in [0.4, 0.5) is 0 Å². The molecule has 1 heterocycles. The van der Waals surface area contributed by atoms with Crippen LogP contribution in [-0.2, 0) is 0 Å². The number of aromatic nitrogens is 1. The van der Waals surface area contributed by atoms with Crippen molar-refractivity contribution < 1.29 is 5.11 Å². The van der Waals surface area contributed by atoms with Crippen LogP contribution in [0.3, 0.4) is 0 Å². The molecule has 0 atom stereocenters. The summed E-state index contributed by atoms with van der Waals surface area (Å²) in [6, 6.07) is 14.7. The summed E-state index contributed by atoms with van der Waals surface area (Å²) in [6.45, 7) is 0. The van der Waals surface area contributed by atoms with Gasteiger partial charge in [0.1, 0.15) is 5.75 Å². The van der Waals surface area contributed by atoms with Gasteiger partial charge in [0.2, 0.25) is 0 Å². The minimum absolute atomic E-state index is 0.256. The molecule has 3 nitrogen and oxygen atoms in total. The zero-order valence-corrected chi connectivity index (χ0v) is 11.3. The van der Waals surface area contributed by atoms with Crippen molar-refractivity contribution in [3.05, 3.63) is 48.0 Å². The molecule has 5 heteroatoms. The third kappa shape index (κ3) is 2.55. The van der Waals surface area contributed by atoms with E-state index < -0.39 is 0 Å². The fraction of sp³-hybridized carbons (Fsp3) is 0. The number of nitrogens with zero attached hydrogens (tertiary/aromatic N) is 2. The summed E-state index contributed by atoms with van der Waals surface area (Å²) in [5.74, 6) is 0.256. The molecule has 0 fully saturated rings. The predicted molar refractivity (Wildman–Crippen MR) is 76.6 cm³/mol. The SMILES string of the molecule is N#Cc1ccc(Sc2nc3ccc(O)cc3s2)cc1. The number of hydrogen-bond acceptors (Lipinski definition) is 5. The van der Waals surface area contributed by atoms with Crippen LogP contribution in [0.15, 0.2) is 51.7 Å². The van der Waals surface area contributed by atoms with Gasteiger partial charge >= 0.3 is 0 Å². The van der Waals surface area contributed by atoms with E-state index in [1.165, 1.54) is 0 Å². The van der Waals surface area contributed by atoms with Crippen molar-refractivity contribution in [2.24, 2.45) is 0 Å². The molecule has 0 aliphatic rings. The third-order valence-electron chi connectivity index (χ3n) is 2.54. The first-order valence-corrected chi connectivity index (χ1v) is 7.15. The zero-order valence-electron chi connectivity index (χ0n) is 9.70. The third-order valence-corrected chi connectivity index (χ3v) is 4.63. The van der Waals surface area contributed by atoms with Gasteiger partial charge in [-0.2, -0.15) is 5.26 Å². The van der Waals surface area contributed by atoms with E-state index in [1.807, 2.05) is 18.2 Å². The Hall–Kier alpha value is -2.03. The van der Waals surface area contributed by atoms with Gasteiger partial charge in [0.25, 0.3) is 0 Å². The lowest BCUT2D eigenvalue weighted by molar-refractivity contribution is 0.476. The molecule has 0 aliphatic carbocycles. The molecule has 0 radical (unpaired) electrons. The quantitative estimate of drug-likeness (QED) is 0.772. The first-order valence-electron chi connectivity index (χ1n) is 5.52. The fourth-order valence-corrected chi connectivity index (χ4v) is 3.71. The van der Waals surface area contributed by atoms with Crippen LogP contribution in [0.5, 0.6) is 5.75 Å². The molecular formula is C14H8N2OS2. The number of nitriles is 1. The average molecular weight is 284 g/mol. The van der Waals surface area contributed by atoms with Gasteiger partial charge in [0.15, 0.2) is 4.34 Å².